The summed E-state index contributed by atoms with van der Waals surface area (Å²) in [6.07, 6.45) is 8.13. The zero-order chi connectivity index (χ0) is 17.4. The molecule has 0 unspecified atom stereocenters. The molecule has 2 amide bonds. The van der Waals surface area contributed by atoms with Crippen molar-refractivity contribution >= 4 is 6.03 Å². The highest BCUT2D eigenvalue weighted by Crippen LogP contribution is 2.26. The van der Waals surface area contributed by atoms with E-state index in [9.17, 15) is 9.90 Å². The number of hydrogen-bond acceptors (Lipinski definition) is 4. The number of urea groups is 1. The van der Waals surface area contributed by atoms with Gasteiger partial charge in [-0.3, -0.25) is 0 Å². The van der Waals surface area contributed by atoms with E-state index in [4.69, 9.17) is 0 Å². The fourth-order valence-corrected chi connectivity index (χ4v) is 3.69. The lowest BCUT2D eigenvalue weighted by Crippen LogP contribution is -2.51. The van der Waals surface area contributed by atoms with Gasteiger partial charge < -0.3 is 25.5 Å². The highest BCUT2D eigenvalue weighted by molar-refractivity contribution is 5.74. The number of nitrogens with zero attached hydrogens (tertiary/aromatic N) is 2. The molecule has 2 aliphatic rings. The van der Waals surface area contributed by atoms with Gasteiger partial charge in [-0.2, -0.15) is 0 Å². The van der Waals surface area contributed by atoms with Crippen LogP contribution in [0.3, 0.4) is 0 Å². The summed E-state index contributed by atoms with van der Waals surface area (Å²) in [4.78, 5) is 16.8. The average Bonchev–Trinajstić information content (AvgIpc) is 2.77. The van der Waals surface area contributed by atoms with Gasteiger partial charge >= 0.3 is 6.03 Å². The standard InChI is InChI=1S/C18H36N4O2/c1-21(2)13-14-22-11-7-16(8-12-22)20-17(23)19-15-18(24)9-5-3-4-6-10-18/h16,24H,3-15H2,1-2H3,(H2,19,20,23). The number of rotatable bonds is 6. The predicted molar refractivity (Wildman–Crippen MR) is 97.2 cm³/mol. The van der Waals surface area contributed by atoms with Crippen molar-refractivity contribution in [2.24, 2.45) is 0 Å². The second-order valence-corrected chi connectivity index (χ2v) is 7.88. The zero-order valence-corrected chi connectivity index (χ0v) is 15.5. The van der Waals surface area contributed by atoms with E-state index in [0.29, 0.717) is 6.54 Å². The molecule has 1 heterocycles. The van der Waals surface area contributed by atoms with Crippen LogP contribution in [0.25, 0.3) is 0 Å². The van der Waals surface area contributed by atoms with Crippen LogP contribution in [0.15, 0.2) is 0 Å². The lowest BCUT2D eigenvalue weighted by molar-refractivity contribution is 0.0275. The van der Waals surface area contributed by atoms with E-state index in [-0.39, 0.29) is 12.1 Å². The van der Waals surface area contributed by atoms with Gasteiger partial charge in [-0.05, 0) is 39.8 Å². The first-order valence-corrected chi connectivity index (χ1v) is 9.61. The normalized spacial score (nSPS) is 23.0. The molecular formula is C18H36N4O2. The number of amides is 2. The second-order valence-electron chi connectivity index (χ2n) is 7.88. The van der Waals surface area contributed by atoms with E-state index in [1.807, 2.05) is 0 Å². The summed E-state index contributed by atoms with van der Waals surface area (Å²) < 4.78 is 0. The lowest BCUT2D eigenvalue weighted by atomic mass is 9.94. The highest BCUT2D eigenvalue weighted by Gasteiger charge is 2.29. The summed E-state index contributed by atoms with van der Waals surface area (Å²) in [5.74, 6) is 0. The molecule has 0 aromatic carbocycles. The van der Waals surface area contributed by atoms with E-state index in [1.165, 1.54) is 12.8 Å². The second kappa shape index (κ2) is 9.59. The first kappa shape index (κ1) is 19.5. The molecule has 6 heteroatoms. The van der Waals surface area contributed by atoms with Crippen LogP contribution in [0.4, 0.5) is 4.79 Å². The molecule has 24 heavy (non-hydrogen) atoms. The number of likely N-dealkylation sites (tertiary alicyclic amines) is 1. The quantitative estimate of drug-likeness (QED) is 0.639. The molecule has 0 bridgehead atoms. The number of carbonyl (C=O) groups is 1. The molecule has 1 aliphatic carbocycles. The summed E-state index contributed by atoms with van der Waals surface area (Å²) in [7, 11) is 4.20. The molecule has 1 saturated carbocycles. The maximum absolute atomic E-state index is 12.1. The number of aliphatic hydroxyl groups is 1. The largest absolute Gasteiger partial charge is 0.388 e. The van der Waals surface area contributed by atoms with Crippen LogP contribution in [0.1, 0.15) is 51.4 Å². The number of carbonyl (C=O) groups excluding carboxylic acids is 1. The fraction of sp³-hybridized carbons (Fsp3) is 0.944. The molecule has 0 spiro atoms. The van der Waals surface area contributed by atoms with Gasteiger partial charge in [0, 0.05) is 38.8 Å². The Morgan fingerprint density at radius 1 is 1.17 bits per heavy atom. The summed E-state index contributed by atoms with van der Waals surface area (Å²) in [5.41, 5.74) is -0.705. The van der Waals surface area contributed by atoms with Crippen LogP contribution in [0.5, 0.6) is 0 Å². The zero-order valence-electron chi connectivity index (χ0n) is 15.5. The van der Waals surface area contributed by atoms with Gasteiger partial charge in [0.05, 0.1) is 5.60 Å². The first-order valence-electron chi connectivity index (χ1n) is 9.61. The third-order valence-electron chi connectivity index (χ3n) is 5.40. The molecule has 6 nitrogen and oxygen atoms in total. The molecule has 2 fully saturated rings. The molecule has 1 aliphatic heterocycles. The molecule has 0 radical (unpaired) electrons. The monoisotopic (exact) mass is 340 g/mol. The third kappa shape index (κ3) is 6.95. The van der Waals surface area contributed by atoms with Gasteiger partial charge in [-0.25, -0.2) is 4.79 Å². The van der Waals surface area contributed by atoms with Crippen molar-refractivity contribution in [3.63, 3.8) is 0 Å². The van der Waals surface area contributed by atoms with Gasteiger partial charge in [-0.1, -0.05) is 25.7 Å². The van der Waals surface area contributed by atoms with Gasteiger partial charge in [0.25, 0.3) is 0 Å². The minimum Gasteiger partial charge on any atom is -0.388 e. The Labute approximate surface area is 147 Å². The van der Waals surface area contributed by atoms with Crippen molar-refractivity contribution in [3.05, 3.63) is 0 Å². The topological polar surface area (TPSA) is 67.8 Å². The van der Waals surface area contributed by atoms with E-state index in [1.54, 1.807) is 0 Å². The molecule has 140 valence electrons. The molecule has 0 aromatic rings. The first-order chi connectivity index (χ1) is 11.5. The fourth-order valence-electron chi connectivity index (χ4n) is 3.69. The third-order valence-corrected chi connectivity index (χ3v) is 5.40. The molecule has 0 aromatic heterocycles. The number of nitrogens with one attached hydrogen (secondary N) is 2. The summed E-state index contributed by atoms with van der Waals surface area (Å²) in [5, 5.41) is 16.6. The highest BCUT2D eigenvalue weighted by atomic mass is 16.3. The Hall–Kier alpha value is -0.850. The molecular weight excluding hydrogens is 304 g/mol. The van der Waals surface area contributed by atoms with Crippen molar-refractivity contribution in [2.75, 3.05) is 46.8 Å². The van der Waals surface area contributed by atoms with Crippen LogP contribution in [0, 0.1) is 0 Å². The lowest BCUT2D eigenvalue weighted by Gasteiger charge is -2.33. The Morgan fingerprint density at radius 2 is 1.79 bits per heavy atom. The van der Waals surface area contributed by atoms with Crippen LogP contribution >= 0.6 is 0 Å². The van der Waals surface area contributed by atoms with E-state index >= 15 is 0 Å². The summed E-state index contributed by atoms with van der Waals surface area (Å²) >= 11 is 0. The smallest absolute Gasteiger partial charge is 0.315 e. The van der Waals surface area contributed by atoms with Crippen molar-refractivity contribution in [1.29, 1.82) is 0 Å². The van der Waals surface area contributed by atoms with E-state index < -0.39 is 5.60 Å². The Kier molecular flexibility index (Phi) is 7.78. The van der Waals surface area contributed by atoms with Gasteiger partial charge in [-0.15, -0.1) is 0 Å². The van der Waals surface area contributed by atoms with Crippen molar-refractivity contribution in [2.45, 2.75) is 63.0 Å². The Bertz CT molecular complexity index is 373. The van der Waals surface area contributed by atoms with Crippen LogP contribution < -0.4 is 10.6 Å². The Balaban J connectivity index is 1.62. The molecule has 0 atom stereocenters. The maximum atomic E-state index is 12.1. The SMILES string of the molecule is CN(C)CCN1CCC(NC(=O)NCC2(O)CCCCCC2)CC1. The Morgan fingerprint density at radius 3 is 2.38 bits per heavy atom. The number of piperidine rings is 1. The van der Waals surface area contributed by atoms with Gasteiger partial charge in [0.15, 0.2) is 0 Å². The minimum atomic E-state index is -0.705. The minimum absolute atomic E-state index is 0.126. The van der Waals surface area contributed by atoms with Crippen LogP contribution in [0.2, 0.25) is 0 Å². The maximum Gasteiger partial charge on any atom is 0.315 e. The van der Waals surface area contributed by atoms with Crippen molar-refractivity contribution in [3.8, 4) is 0 Å². The average molecular weight is 341 g/mol. The number of hydrogen-bond donors (Lipinski definition) is 3. The van der Waals surface area contributed by atoms with Gasteiger partial charge in [0.2, 0.25) is 0 Å². The predicted octanol–water partition coefficient (Wildman–Crippen LogP) is 1.40. The van der Waals surface area contributed by atoms with E-state index in [2.05, 4.69) is 34.5 Å². The summed E-state index contributed by atoms with van der Waals surface area (Å²) in [6, 6.07) is 0.129. The van der Waals surface area contributed by atoms with Crippen molar-refractivity contribution < 1.29 is 9.90 Å². The molecule has 1 saturated heterocycles. The van der Waals surface area contributed by atoms with Gasteiger partial charge in [0.1, 0.15) is 0 Å². The van der Waals surface area contributed by atoms with Crippen LogP contribution in [-0.2, 0) is 0 Å². The van der Waals surface area contributed by atoms with Crippen molar-refractivity contribution in [1.82, 2.24) is 20.4 Å². The molecule has 3 N–H and O–H groups in total. The number of likely N-dealkylation sites (N-methyl/N-ethyl adjacent to an activating group) is 1. The van der Waals surface area contributed by atoms with Crippen LogP contribution in [-0.4, -0.2) is 79.4 Å². The van der Waals surface area contributed by atoms with E-state index in [0.717, 1.165) is 64.7 Å². The molecule has 2 rings (SSSR count). The summed E-state index contributed by atoms with van der Waals surface area (Å²) in [6.45, 7) is 4.64.